The van der Waals surface area contributed by atoms with E-state index in [4.69, 9.17) is 16.3 Å². The Morgan fingerprint density at radius 1 is 0.930 bits per heavy atom. The van der Waals surface area contributed by atoms with Crippen molar-refractivity contribution in [1.82, 2.24) is 23.9 Å². The summed E-state index contributed by atoms with van der Waals surface area (Å²) in [5.41, 5.74) is 5.92. The fraction of sp³-hybridized carbons (Fsp3) is 0.314. The first-order valence-corrected chi connectivity index (χ1v) is 15.3. The lowest BCUT2D eigenvalue weighted by Crippen LogP contribution is -2.47. The lowest BCUT2D eigenvalue weighted by molar-refractivity contribution is 0.0665. The zero-order chi connectivity index (χ0) is 29.8. The zero-order valence-corrected chi connectivity index (χ0v) is 25.6. The molecule has 1 amide bonds. The van der Waals surface area contributed by atoms with Crippen LogP contribution >= 0.6 is 11.6 Å². The molecule has 0 bridgehead atoms. The van der Waals surface area contributed by atoms with Gasteiger partial charge in [-0.2, -0.15) is 0 Å². The number of carbonyl (C=O) groups is 1. The molecule has 0 spiro atoms. The first-order chi connectivity index (χ1) is 21.0. The van der Waals surface area contributed by atoms with Crippen LogP contribution in [0.4, 0.5) is 0 Å². The summed E-state index contributed by atoms with van der Waals surface area (Å²) < 4.78 is 10.3. The molecule has 0 aliphatic carbocycles. The van der Waals surface area contributed by atoms with E-state index in [1.807, 2.05) is 48.6 Å². The van der Waals surface area contributed by atoms with Crippen LogP contribution in [-0.2, 0) is 24.4 Å². The van der Waals surface area contributed by atoms with Crippen molar-refractivity contribution in [2.45, 2.75) is 33.0 Å². The van der Waals surface area contributed by atoms with Crippen LogP contribution in [-0.4, -0.2) is 69.7 Å². The van der Waals surface area contributed by atoms with Crippen LogP contribution in [0.1, 0.15) is 33.7 Å². The largest absolute Gasteiger partial charge is 0.377 e. The Bertz CT molecular complexity index is 1710. The molecule has 3 heterocycles. The number of likely N-dealkylation sites (N-methyl/N-ethyl adjacent to an activating group) is 1. The molecule has 0 unspecified atom stereocenters. The fourth-order valence-electron chi connectivity index (χ4n) is 5.84. The quantitative estimate of drug-likeness (QED) is 0.173. The Kier molecular flexibility index (Phi) is 8.93. The summed E-state index contributed by atoms with van der Waals surface area (Å²) in [4.78, 5) is 22.9. The first kappa shape index (κ1) is 29.2. The molecule has 8 heteroatoms. The van der Waals surface area contributed by atoms with Gasteiger partial charge < -0.3 is 23.7 Å². The highest BCUT2D eigenvalue weighted by atomic mass is 35.5. The number of hydrogen-bond acceptors (Lipinski definition) is 4. The van der Waals surface area contributed by atoms with Crippen molar-refractivity contribution in [3.8, 4) is 11.1 Å². The van der Waals surface area contributed by atoms with Crippen molar-refractivity contribution in [2.24, 2.45) is 0 Å². The van der Waals surface area contributed by atoms with Gasteiger partial charge in [0.2, 0.25) is 0 Å². The number of hydrogen-bond donors (Lipinski definition) is 0. The third-order valence-electron chi connectivity index (χ3n) is 8.37. The number of halogens is 1. The minimum atomic E-state index is 0.0932. The Hall–Kier alpha value is -3.91. The summed E-state index contributed by atoms with van der Waals surface area (Å²) in [6.07, 6.45) is 6.92. The predicted molar refractivity (Wildman–Crippen MR) is 173 cm³/mol. The minimum Gasteiger partial charge on any atom is -0.377 e. The van der Waals surface area contributed by atoms with Gasteiger partial charge in [-0.3, -0.25) is 4.79 Å². The van der Waals surface area contributed by atoms with E-state index in [2.05, 4.69) is 74.7 Å². The molecule has 222 valence electrons. The Morgan fingerprint density at radius 2 is 1.70 bits per heavy atom. The van der Waals surface area contributed by atoms with E-state index < -0.39 is 0 Å². The second-order valence-corrected chi connectivity index (χ2v) is 11.8. The summed E-state index contributed by atoms with van der Waals surface area (Å²) in [5.74, 6) is 0.0932. The molecule has 3 aromatic carbocycles. The Labute approximate surface area is 258 Å². The number of imidazole rings is 1. The number of aromatic nitrogens is 3. The molecule has 1 aliphatic heterocycles. The normalized spacial score (nSPS) is 14.1. The van der Waals surface area contributed by atoms with Crippen LogP contribution in [0.5, 0.6) is 0 Å². The van der Waals surface area contributed by atoms with Crippen molar-refractivity contribution in [1.29, 1.82) is 0 Å². The third kappa shape index (κ3) is 6.54. The van der Waals surface area contributed by atoms with Gasteiger partial charge in [0.25, 0.3) is 5.91 Å². The van der Waals surface area contributed by atoms with E-state index >= 15 is 0 Å². The highest BCUT2D eigenvalue weighted by Gasteiger charge is 2.25. The summed E-state index contributed by atoms with van der Waals surface area (Å²) in [6.45, 7) is 7.83. The number of ether oxygens (including phenoxy) is 1. The van der Waals surface area contributed by atoms with E-state index in [-0.39, 0.29) is 5.91 Å². The van der Waals surface area contributed by atoms with Gasteiger partial charge in [-0.25, -0.2) is 4.98 Å². The molecule has 1 saturated heterocycles. The Balaban J connectivity index is 1.23. The van der Waals surface area contributed by atoms with Crippen molar-refractivity contribution in [3.05, 3.63) is 113 Å². The summed E-state index contributed by atoms with van der Waals surface area (Å²) in [6, 6.07) is 22.5. The van der Waals surface area contributed by atoms with Crippen LogP contribution in [0.3, 0.4) is 0 Å². The maximum absolute atomic E-state index is 14.0. The van der Waals surface area contributed by atoms with Crippen molar-refractivity contribution in [3.63, 3.8) is 0 Å². The molecule has 0 N–H and O–H groups in total. The highest BCUT2D eigenvalue weighted by Crippen LogP contribution is 2.33. The van der Waals surface area contributed by atoms with E-state index in [1.165, 1.54) is 0 Å². The monoisotopic (exact) mass is 595 g/mol. The topological polar surface area (TPSA) is 55.5 Å². The number of benzene rings is 3. The van der Waals surface area contributed by atoms with Crippen molar-refractivity contribution < 1.29 is 9.53 Å². The van der Waals surface area contributed by atoms with Gasteiger partial charge in [0.15, 0.2) is 0 Å². The average molecular weight is 596 g/mol. The molecular weight excluding hydrogens is 558 g/mol. The van der Waals surface area contributed by atoms with E-state index in [9.17, 15) is 4.79 Å². The lowest BCUT2D eigenvalue weighted by Gasteiger charge is -2.32. The predicted octanol–water partition coefficient (Wildman–Crippen LogP) is 6.51. The first-order valence-electron chi connectivity index (χ1n) is 15.0. The summed E-state index contributed by atoms with van der Waals surface area (Å²) in [7, 11) is 2.11. The molecule has 43 heavy (non-hydrogen) atoms. The summed E-state index contributed by atoms with van der Waals surface area (Å²) in [5, 5.41) is 3.04. The molecular formula is C35H38ClN5O2. The lowest BCUT2D eigenvalue weighted by atomic mass is 9.97. The van der Waals surface area contributed by atoms with E-state index in [1.54, 1.807) is 0 Å². The second-order valence-electron chi connectivity index (χ2n) is 11.3. The van der Waals surface area contributed by atoms with Gasteiger partial charge >= 0.3 is 0 Å². The highest BCUT2D eigenvalue weighted by molar-refractivity contribution is 6.31. The number of fused-ring (bicyclic) bond motifs is 1. The van der Waals surface area contributed by atoms with Crippen LogP contribution in [0, 0.1) is 6.92 Å². The molecule has 0 atom stereocenters. The average Bonchev–Trinajstić information content (AvgIpc) is 3.60. The molecule has 1 aliphatic rings. The van der Waals surface area contributed by atoms with Crippen LogP contribution in [0.15, 0.2) is 85.5 Å². The van der Waals surface area contributed by atoms with E-state index in [0.29, 0.717) is 19.8 Å². The molecule has 0 radical (unpaired) electrons. The maximum Gasteiger partial charge on any atom is 0.256 e. The number of amides is 1. The van der Waals surface area contributed by atoms with Crippen molar-refractivity contribution >= 4 is 28.3 Å². The molecule has 1 fully saturated rings. The van der Waals surface area contributed by atoms with Gasteiger partial charge in [0.1, 0.15) is 0 Å². The zero-order valence-electron chi connectivity index (χ0n) is 24.9. The van der Waals surface area contributed by atoms with Crippen LogP contribution in [0.25, 0.3) is 21.9 Å². The van der Waals surface area contributed by atoms with Crippen LogP contribution < -0.4 is 0 Å². The SMILES string of the molecule is Cc1ncn(CCCOCc2ccccc2Cl)c1Cn1cc(C(=O)N2CCN(C)CC2)c(-c2cccc3ccccc23)c1. The molecule has 6 rings (SSSR count). The van der Waals surface area contributed by atoms with E-state index in [0.717, 1.165) is 88.6 Å². The van der Waals surface area contributed by atoms with Crippen molar-refractivity contribution in [2.75, 3.05) is 39.8 Å². The summed E-state index contributed by atoms with van der Waals surface area (Å²) >= 11 is 6.26. The fourth-order valence-corrected chi connectivity index (χ4v) is 6.03. The second kappa shape index (κ2) is 13.2. The number of nitrogens with zero attached hydrogens (tertiary/aromatic N) is 5. The number of piperazine rings is 1. The van der Waals surface area contributed by atoms with Crippen LogP contribution in [0.2, 0.25) is 5.02 Å². The molecule has 7 nitrogen and oxygen atoms in total. The standard InChI is InChI=1S/C35H38ClN5O2/c1-26-34(41(25-37-26)15-8-20-43-24-28-10-4-6-14-33(28)36)23-39-21-31(30-13-7-11-27-9-3-5-12-29(27)30)32(22-39)35(42)40-18-16-38(2)17-19-40/h3-7,9-14,21-22,25H,8,15-20,23-24H2,1-2H3. The van der Waals surface area contributed by atoms with Gasteiger partial charge in [-0.1, -0.05) is 72.3 Å². The number of aryl methyl sites for hydroxylation is 2. The van der Waals surface area contributed by atoms with Gasteiger partial charge in [-0.05, 0) is 48.4 Å². The molecule has 0 saturated carbocycles. The minimum absolute atomic E-state index is 0.0932. The smallest absolute Gasteiger partial charge is 0.256 e. The third-order valence-corrected chi connectivity index (χ3v) is 8.74. The van der Waals surface area contributed by atoms with Gasteiger partial charge in [0.05, 0.1) is 36.4 Å². The maximum atomic E-state index is 14.0. The van der Waals surface area contributed by atoms with Gasteiger partial charge in [0, 0.05) is 62.3 Å². The molecule has 5 aromatic rings. The Morgan fingerprint density at radius 3 is 2.53 bits per heavy atom. The number of rotatable bonds is 10. The molecule has 2 aromatic heterocycles. The number of carbonyl (C=O) groups excluding carboxylic acids is 1. The van der Waals surface area contributed by atoms with Gasteiger partial charge in [-0.15, -0.1) is 0 Å².